The van der Waals surface area contributed by atoms with Gasteiger partial charge in [0.25, 0.3) is 0 Å². The molecule has 0 radical (unpaired) electrons. The fourth-order valence-electron chi connectivity index (χ4n) is 2.48. The summed E-state index contributed by atoms with van der Waals surface area (Å²) in [6.45, 7) is 9.31. The fraction of sp³-hybridized carbons (Fsp3) is 0.600. The molecule has 1 atom stereocenters. The van der Waals surface area contributed by atoms with E-state index in [0.717, 1.165) is 5.92 Å². The summed E-state index contributed by atoms with van der Waals surface area (Å²) in [6.07, 6.45) is 2.68. The summed E-state index contributed by atoms with van der Waals surface area (Å²) >= 11 is 0. The number of rotatable bonds is 3. The second-order valence-corrected chi connectivity index (χ2v) is 5.26. The zero-order valence-electron chi connectivity index (χ0n) is 10.7. The SMILES string of the molecule is CCC1CCN(c2cccc(C(C)C)c2)C1. The lowest BCUT2D eigenvalue weighted by molar-refractivity contribution is 0.569. The van der Waals surface area contributed by atoms with E-state index in [2.05, 4.69) is 49.9 Å². The molecular weight excluding hydrogens is 194 g/mol. The van der Waals surface area contributed by atoms with E-state index in [1.54, 1.807) is 0 Å². The minimum atomic E-state index is 0.629. The van der Waals surface area contributed by atoms with Crippen LogP contribution >= 0.6 is 0 Å². The quantitative estimate of drug-likeness (QED) is 0.738. The van der Waals surface area contributed by atoms with Crippen LogP contribution in [0.15, 0.2) is 24.3 Å². The zero-order valence-corrected chi connectivity index (χ0v) is 10.7. The van der Waals surface area contributed by atoms with Gasteiger partial charge >= 0.3 is 0 Å². The number of nitrogens with zero attached hydrogens (tertiary/aromatic N) is 1. The summed E-state index contributed by atoms with van der Waals surface area (Å²) in [7, 11) is 0. The van der Waals surface area contributed by atoms with Crippen LogP contribution in [0.3, 0.4) is 0 Å². The molecular formula is C15H23N. The van der Waals surface area contributed by atoms with E-state index in [-0.39, 0.29) is 0 Å². The van der Waals surface area contributed by atoms with Crippen molar-refractivity contribution < 1.29 is 0 Å². The zero-order chi connectivity index (χ0) is 11.5. The van der Waals surface area contributed by atoms with Crippen molar-refractivity contribution >= 4 is 5.69 Å². The predicted molar refractivity (Wildman–Crippen MR) is 71.1 cm³/mol. The summed E-state index contributed by atoms with van der Waals surface area (Å²) in [5.41, 5.74) is 2.87. The third-order valence-corrected chi connectivity index (χ3v) is 3.77. The first kappa shape index (κ1) is 11.5. The molecule has 16 heavy (non-hydrogen) atoms. The average Bonchev–Trinajstić information content (AvgIpc) is 2.77. The molecule has 1 saturated heterocycles. The fourth-order valence-corrected chi connectivity index (χ4v) is 2.48. The molecule has 1 unspecified atom stereocenters. The standard InChI is InChI=1S/C15H23N/c1-4-13-8-9-16(11-13)15-7-5-6-14(10-15)12(2)3/h5-7,10,12-13H,4,8-9,11H2,1-3H3. The minimum Gasteiger partial charge on any atom is -0.371 e. The van der Waals surface area contributed by atoms with Gasteiger partial charge in [-0.1, -0.05) is 39.3 Å². The maximum atomic E-state index is 2.54. The molecule has 1 aliphatic heterocycles. The van der Waals surface area contributed by atoms with Crippen LogP contribution in [0.25, 0.3) is 0 Å². The molecule has 0 saturated carbocycles. The second kappa shape index (κ2) is 4.90. The summed E-state index contributed by atoms with van der Waals surface area (Å²) in [4.78, 5) is 2.54. The molecule has 1 nitrogen and oxygen atoms in total. The van der Waals surface area contributed by atoms with E-state index in [0.29, 0.717) is 5.92 Å². The molecule has 1 heteroatoms. The van der Waals surface area contributed by atoms with Crippen LogP contribution in [0.4, 0.5) is 5.69 Å². The Labute approximate surface area is 99.5 Å². The highest BCUT2D eigenvalue weighted by Gasteiger charge is 2.21. The van der Waals surface area contributed by atoms with Crippen molar-refractivity contribution in [1.29, 1.82) is 0 Å². The molecule has 0 bridgehead atoms. The van der Waals surface area contributed by atoms with Crippen LogP contribution < -0.4 is 4.90 Å². The Kier molecular flexibility index (Phi) is 3.52. The van der Waals surface area contributed by atoms with Crippen LogP contribution in [0.2, 0.25) is 0 Å². The highest BCUT2D eigenvalue weighted by molar-refractivity contribution is 5.50. The first-order valence-electron chi connectivity index (χ1n) is 6.55. The summed E-state index contributed by atoms with van der Waals surface area (Å²) in [5, 5.41) is 0. The van der Waals surface area contributed by atoms with Gasteiger partial charge in [0.1, 0.15) is 0 Å². The van der Waals surface area contributed by atoms with Gasteiger partial charge < -0.3 is 4.90 Å². The normalized spacial score (nSPS) is 20.8. The van der Waals surface area contributed by atoms with E-state index in [9.17, 15) is 0 Å². The smallest absolute Gasteiger partial charge is 0.0369 e. The third-order valence-electron chi connectivity index (χ3n) is 3.77. The van der Waals surface area contributed by atoms with Crippen LogP contribution in [-0.4, -0.2) is 13.1 Å². The van der Waals surface area contributed by atoms with Gasteiger partial charge in [-0.25, -0.2) is 0 Å². The van der Waals surface area contributed by atoms with Gasteiger partial charge in [-0.3, -0.25) is 0 Å². The molecule has 1 fully saturated rings. The van der Waals surface area contributed by atoms with E-state index >= 15 is 0 Å². The van der Waals surface area contributed by atoms with Gasteiger partial charge in [-0.05, 0) is 36.0 Å². The molecule has 0 aliphatic carbocycles. The first-order valence-corrected chi connectivity index (χ1v) is 6.55. The van der Waals surface area contributed by atoms with Crippen molar-refractivity contribution in [2.75, 3.05) is 18.0 Å². The van der Waals surface area contributed by atoms with Gasteiger partial charge in [0.05, 0.1) is 0 Å². The minimum absolute atomic E-state index is 0.629. The molecule has 1 heterocycles. The van der Waals surface area contributed by atoms with Gasteiger partial charge in [-0.2, -0.15) is 0 Å². The van der Waals surface area contributed by atoms with Crippen molar-refractivity contribution in [2.45, 2.75) is 39.5 Å². The summed E-state index contributed by atoms with van der Waals surface area (Å²) < 4.78 is 0. The lowest BCUT2D eigenvalue weighted by atomic mass is 10.0. The molecule has 1 aromatic rings. The van der Waals surface area contributed by atoms with E-state index in [1.807, 2.05) is 0 Å². The number of hydrogen-bond acceptors (Lipinski definition) is 1. The largest absolute Gasteiger partial charge is 0.371 e. The Morgan fingerprint density at radius 2 is 2.19 bits per heavy atom. The Morgan fingerprint density at radius 1 is 1.38 bits per heavy atom. The van der Waals surface area contributed by atoms with E-state index in [1.165, 1.54) is 37.2 Å². The highest BCUT2D eigenvalue weighted by Crippen LogP contribution is 2.27. The Balaban J connectivity index is 2.12. The van der Waals surface area contributed by atoms with Crippen molar-refractivity contribution in [3.05, 3.63) is 29.8 Å². The van der Waals surface area contributed by atoms with Crippen molar-refractivity contribution in [3.63, 3.8) is 0 Å². The lowest BCUT2D eigenvalue weighted by Gasteiger charge is -2.20. The summed E-state index contributed by atoms with van der Waals surface area (Å²) in [5.74, 6) is 1.53. The topological polar surface area (TPSA) is 3.24 Å². The molecule has 1 aliphatic rings. The van der Waals surface area contributed by atoms with Gasteiger partial charge in [0.2, 0.25) is 0 Å². The average molecular weight is 217 g/mol. The molecule has 0 amide bonds. The maximum Gasteiger partial charge on any atom is 0.0369 e. The third kappa shape index (κ3) is 2.40. The van der Waals surface area contributed by atoms with Gasteiger partial charge in [-0.15, -0.1) is 0 Å². The molecule has 88 valence electrons. The molecule has 0 spiro atoms. The predicted octanol–water partition coefficient (Wildman–Crippen LogP) is 4.05. The van der Waals surface area contributed by atoms with E-state index < -0.39 is 0 Å². The molecule has 2 rings (SSSR count). The molecule has 0 aromatic heterocycles. The Morgan fingerprint density at radius 3 is 2.81 bits per heavy atom. The number of hydrogen-bond donors (Lipinski definition) is 0. The van der Waals surface area contributed by atoms with Gasteiger partial charge in [0, 0.05) is 18.8 Å². The van der Waals surface area contributed by atoms with Crippen molar-refractivity contribution in [3.8, 4) is 0 Å². The summed E-state index contributed by atoms with van der Waals surface area (Å²) in [6, 6.07) is 9.05. The maximum absolute atomic E-state index is 2.54. The first-order chi connectivity index (χ1) is 7.70. The number of benzene rings is 1. The Bertz CT molecular complexity index is 343. The highest BCUT2D eigenvalue weighted by atomic mass is 15.1. The van der Waals surface area contributed by atoms with E-state index in [4.69, 9.17) is 0 Å². The second-order valence-electron chi connectivity index (χ2n) is 5.26. The van der Waals surface area contributed by atoms with Crippen LogP contribution in [0.5, 0.6) is 0 Å². The Hall–Kier alpha value is -0.980. The van der Waals surface area contributed by atoms with Crippen molar-refractivity contribution in [2.24, 2.45) is 5.92 Å². The monoisotopic (exact) mass is 217 g/mol. The number of anilines is 1. The van der Waals surface area contributed by atoms with Crippen LogP contribution in [0, 0.1) is 5.92 Å². The van der Waals surface area contributed by atoms with Crippen LogP contribution in [0.1, 0.15) is 45.1 Å². The van der Waals surface area contributed by atoms with Gasteiger partial charge in [0.15, 0.2) is 0 Å². The van der Waals surface area contributed by atoms with Crippen LogP contribution in [-0.2, 0) is 0 Å². The molecule has 1 aromatic carbocycles. The van der Waals surface area contributed by atoms with Crippen molar-refractivity contribution in [1.82, 2.24) is 0 Å². The molecule has 0 N–H and O–H groups in total. The lowest BCUT2D eigenvalue weighted by Crippen LogP contribution is -2.19.